The van der Waals surface area contributed by atoms with Gasteiger partial charge in [-0.15, -0.1) is 0 Å². The molecule has 1 unspecified atom stereocenters. The van der Waals surface area contributed by atoms with Gasteiger partial charge in [0, 0.05) is 36.0 Å². The molecular weight excluding hydrogens is 324 g/mol. The van der Waals surface area contributed by atoms with Gasteiger partial charge in [0.25, 0.3) is 5.91 Å². The molecule has 1 aliphatic rings. The topological polar surface area (TPSA) is 45.3 Å². The number of amides is 1. The first-order valence-corrected chi connectivity index (χ1v) is 9.25. The van der Waals surface area contributed by atoms with Crippen LogP contribution in [0, 0.1) is 0 Å². The normalized spacial score (nSPS) is 17.9. The molecule has 1 aromatic heterocycles. The minimum atomic E-state index is 0.0861. The summed E-state index contributed by atoms with van der Waals surface area (Å²) in [6.07, 6.45) is 3.36. The molecular formula is C22H24N2O2. The van der Waals surface area contributed by atoms with E-state index in [4.69, 9.17) is 4.74 Å². The summed E-state index contributed by atoms with van der Waals surface area (Å²) < 4.78 is 5.27. The number of carbonyl (C=O) groups excluding carboxylic acids is 1. The number of H-pyrrole nitrogens is 1. The lowest BCUT2D eigenvalue weighted by Gasteiger charge is -2.24. The predicted octanol–water partition coefficient (Wildman–Crippen LogP) is 4.59. The number of methoxy groups -OCH3 is 1. The van der Waals surface area contributed by atoms with E-state index >= 15 is 0 Å². The van der Waals surface area contributed by atoms with Crippen molar-refractivity contribution in [3.63, 3.8) is 0 Å². The number of aromatic nitrogens is 1. The van der Waals surface area contributed by atoms with Gasteiger partial charge in [-0.25, -0.2) is 0 Å². The second kappa shape index (κ2) is 7.24. The average Bonchev–Trinajstić information content (AvgIpc) is 2.96. The van der Waals surface area contributed by atoms with Crippen molar-refractivity contribution >= 4 is 16.8 Å². The summed E-state index contributed by atoms with van der Waals surface area (Å²) in [5.74, 6) is 1.28. The molecule has 1 amide bonds. The summed E-state index contributed by atoms with van der Waals surface area (Å²) in [7, 11) is 1.65. The zero-order chi connectivity index (χ0) is 17.9. The molecule has 134 valence electrons. The van der Waals surface area contributed by atoms with Gasteiger partial charge in [0.1, 0.15) is 11.4 Å². The Balaban J connectivity index is 1.58. The Morgan fingerprint density at radius 3 is 2.77 bits per heavy atom. The molecule has 3 aromatic rings. The predicted molar refractivity (Wildman–Crippen MR) is 104 cm³/mol. The maximum Gasteiger partial charge on any atom is 0.270 e. The van der Waals surface area contributed by atoms with E-state index in [1.165, 1.54) is 5.56 Å². The molecule has 2 heterocycles. The standard InChI is InChI=1S/C22H24N2O2/c1-26-19-11-10-17-13-21(23-20(17)14-19)22(25)24-12-6-5-9-18(15-24)16-7-3-2-4-8-16/h2-4,7-8,10-11,13-14,18,23H,5-6,9,12,15H2,1H3. The molecule has 1 fully saturated rings. The van der Waals surface area contributed by atoms with E-state index in [9.17, 15) is 4.79 Å². The van der Waals surface area contributed by atoms with Crippen LogP contribution in [0.25, 0.3) is 10.9 Å². The molecule has 0 aliphatic carbocycles. The highest BCUT2D eigenvalue weighted by atomic mass is 16.5. The number of likely N-dealkylation sites (tertiary alicyclic amines) is 1. The van der Waals surface area contributed by atoms with Crippen molar-refractivity contribution in [2.24, 2.45) is 0 Å². The third-order valence-corrected chi connectivity index (χ3v) is 5.29. The Labute approximate surface area is 153 Å². The van der Waals surface area contributed by atoms with E-state index < -0.39 is 0 Å². The van der Waals surface area contributed by atoms with Crippen LogP contribution in [0.3, 0.4) is 0 Å². The summed E-state index contributed by atoms with van der Waals surface area (Å²) in [5, 5.41) is 1.03. The second-order valence-corrected chi connectivity index (χ2v) is 6.99. The van der Waals surface area contributed by atoms with Crippen LogP contribution in [0.4, 0.5) is 0 Å². The van der Waals surface area contributed by atoms with Gasteiger partial charge in [0.2, 0.25) is 0 Å². The highest BCUT2D eigenvalue weighted by Gasteiger charge is 2.24. The fourth-order valence-electron chi connectivity index (χ4n) is 3.84. The van der Waals surface area contributed by atoms with Crippen molar-refractivity contribution in [1.82, 2.24) is 9.88 Å². The van der Waals surface area contributed by atoms with Gasteiger partial charge in [0.15, 0.2) is 0 Å². The largest absolute Gasteiger partial charge is 0.497 e. The van der Waals surface area contributed by atoms with Crippen LogP contribution in [-0.4, -0.2) is 36.0 Å². The third kappa shape index (κ3) is 3.32. The number of carbonyl (C=O) groups is 1. The van der Waals surface area contributed by atoms with Crippen LogP contribution in [0.15, 0.2) is 54.6 Å². The number of rotatable bonds is 3. The fourth-order valence-corrected chi connectivity index (χ4v) is 3.84. The summed E-state index contributed by atoms with van der Waals surface area (Å²) in [4.78, 5) is 18.4. The molecule has 0 spiro atoms. The van der Waals surface area contributed by atoms with Crippen molar-refractivity contribution in [2.45, 2.75) is 25.2 Å². The molecule has 1 atom stereocenters. The highest BCUT2D eigenvalue weighted by molar-refractivity contribution is 5.98. The minimum absolute atomic E-state index is 0.0861. The SMILES string of the molecule is COc1ccc2cc(C(=O)N3CCCCC(c4ccccc4)C3)[nH]c2c1. The Hall–Kier alpha value is -2.75. The molecule has 0 saturated carbocycles. The number of fused-ring (bicyclic) bond motifs is 1. The first-order valence-electron chi connectivity index (χ1n) is 9.25. The van der Waals surface area contributed by atoms with E-state index in [0.29, 0.717) is 11.6 Å². The van der Waals surface area contributed by atoms with E-state index in [1.54, 1.807) is 7.11 Å². The Morgan fingerprint density at radius 1 is 1.12 bits per heavy atom. The average molecular weight is 348 g/mol. The van der Waals surface area contributed by atoms with Crippen molar-refractivity contribution < 1.29 is 9.53 Å². The second-order valence-electron chi connectivity index (χ2n) is 6.99. The number of nitrogens with zero attached hydrogens (tertiary/aromatic N) is 1. The third-order valence-electron chi connectivity index (χ3n) is 5.29. The van der Waals surface area contributed by atoms with Gasteiger partial charge in [0.05, 0.1) is 7.11 Å². The molecule has 4 nitrogen and oxygen atoms in total. The molecule has 4 rings (SSSR count). The van der Waals surface area contributed by atoms with Crippen LogP contribution in [0.1, 0.15) is 41.2 Å². The van der Waals surface area contributed by atoms with Crippen LogP contribution >= 0.6 is 0 Å². The number of ether oxygens (including phenoxy) is 1. The van der Waals surface area contributed by atoms with Gasteiger partial charge < -0.3 is 14.6 Å². The number of benzene rings is 2. The van der Waals surface area contributed by atoms with Crippen LogP contribution in [0.5, 0.6) is 5.75 Å². The summed E-state index contributed by atoms with van der Waals surface area (Å²) in [5.41, 5.74) is 2.91. The van der Waals surface area contributed by atoms with Crippen LogP contribution in [-0.2, 0) is 0 Å². The smallest absolute Gasteiger partial charge is 0.270 e. The maximum atomic E-state index is 13.1. The van der Waals surface area contributed by atoms with Crippen molar-refractivity contribution in [3.8, 4) is 5.75 Å². The zero-order valence-electron chi connectivity index (χ0n) is 15.1. The van der Waals surface area contributed by atoms with Gasteiger partial charge >= 0.3 is 0 Å². The van der Waals surface area contributed by atoms with Gasteiger partial charge in [-0.2, -0.15) is 0 Å². The van der Waals surface area contributed by atoms with Crippen LogP contribution in [0.2, 0.25) is 0 Å². The monoisotopic (exact) mass is 348 g/mol. The Bertz CT molecular complexity index is 901. The van der Waals surface area contributed by atoms with Gasteiger partial charge in [-0.3, -0.25) is 4.79 Å². The Morgan fingerprint density at radius 2 is 1.96 bits per heavy atom. The molecule has 1 N–H and O–H groups in total. The number of nitrogens with one attached hydrogen (secondary N) is 1. The number of hydrogen-bond donors (Lipinski definition) is 1. The summed E-state index contributed by atoms with van der Waals surface area (Å²) in [6.45, 7) is 1.60. The van der Waals surface area contributed by atoms with Crippen LogP contribution < -0.4 is 4.74 Å². The number of aromatic amines is 1. The van der Waals surface area contributed by atoms with E-state index in [1.807, 2.05) is 35.2 Å². The summed E-state index contributed by atoms with van der Waals surface area (Å²) >= 11 is 0. The molecule has 2 aromatic carbocycles. The lowest BCUT2D eigenvalue weighted by atomic mass is 9.94. The van der Waals surface area contributed by atoms with Crippen molar-refractivity contribution in [2.75, 3.05) is 20.2 Å². The van der Waals surface area contributed by atoms with Crippen molar-refractivity contribution in [3.05, 3.63) is 65.9 Å². The highest BCUT2D eigenvalue weighted by Crippen LogP contribution is 2.28. The van der Waals surface area contributed by atoms with E-state index in [2.05, 4.69) is 29.2 Å². The van der Waals surface area contributed by atoms with Gasteiger partial charge in [-0.05, 0) is 36.6 Å². The maximum absolute atomic E-state index is 13.1. The first-order chi connectivity index (χ1) is 12.7. The lowest BCUT2D eigenvalue weighted by Crippen LogP contribution is -2.34. The minimum Gasteiger partial charge on any atom is -0.497 e. The summed E-state index contributed by atoms with van der Waals surface area (Å²) in [6, 6.07) is 18.3. The fraction of sp³-hybridized carbons (Fsp3) is 0.318. The molecule has 0 radical (unpaired) electrons. The molecule has 4 heteroatoms. The van der Waals surface area contributed by atoms with Gasteiger partial charge in [-0.1, -0.05) is 36.8 Å². The molecule has 0 bridgehead atoms. The lowest BCUT2D eigenvalue weighted by molar-refractivity contribution is 0.0749. The molecule has 26 heavy (non-hydrogen) atoms. The molecule has 1 saturated heterocycles. The van der Waals surface area contributed by atoms with E-state index in [-0.39, 0.29) is 5.91 Å². The van der Waals surface area contributed by atoms with E-state index in [0.717, 1.165) is 49.0 Å². The quantitative estimate of drug-likeness (QED) is 0.753. The van der Waals surface area contributed by atoms with Crippen molar-refractivity contribution in [1.29, 1.82) is 0 Å². The number of hydrogen-bond acceptors (Lipinski definition) is 2. The zero-order valence-corrected chi connectivity index (χ0v) is 15.1. The first kappa shape index (κ1) is 16.7. The Kier molecular flexibility index (Phi) is 4.65. The molecule has 1 aliphatic heterocycles.